The van der Waals surface area contributed by atoms with Gasteiger partial charge in [0.25, 0.3) is 0 Å². The van der Waals surface area contributed by atoms with Gasteiger partial charge in [-0.15, -0.1) is 0 Å². The molecule has 1 saturated heterocycles. The van der Waals surface area contributed by atoms with Crippen LogP contribution in [0.25, 0.3) is 0 Å². The van der Waals surface area contributed by atoms with Crippen molar-refractivity contribution in [2.24, 2.45) is 0 Å². The fraction of sp³-hybridized carbons (Fsp3) is 0.625. The second-order valence-electron chi connectivity index (χ2n) is 6.30. The van der Waals surface area contributed by atoms with Crippen LogP contribution in [0.3, 0.4) is 0 Å². The molecule has 0 spiro atoms. The van der Waals surface area contributed by atoms with Crippen molar-refractivity contribution in [3.05, 3.63) is 29.3 Å². The van der Waals surface area contributed by atoms with E-state index in [-0.39, 0.29) is 17.2 Å². The third kappa shape index (κ3) is 5.02. The number of aryl methyl sites for hydroxylation is 2. The Morgan fingerprint density at radius 3 is 2.21 bits per heavy atom. The van der Waals surface area contributed by atoms with Crippen molar-refractivity contribution in [1.82, 2.24) is 9.03 Å². The highest BCUT2D eigenvalue weighted by Crippen LogP contribution is 2.17. The molecule has 0 unspecified atom stereocenters. The molecule has 1 aromatic carbocycles. The van der Waals surface area contributed by atoms with Crippen molar-refractivity contribution in [2.45, 2.75) is 44.4 Å². The third-order valence-electron chi connectivity index (χ3n) is 4.23. The Morgan fingerprint density at radius 1 is 1.00 bits per heavy atom. The van der Waals surface area contributed by atoms with Gasteiger partial charge in [-0.2, -0.15) is 0 Å². The highest BCUT2D eigenvalue weighted by Gasteiger charge is 2.24. The molecule has 136 valence electrons. The fourth-order valence-corrected chi connectivity index (χ4v) is 5.75. The zero-order chi connectivity index (χ0) is 17.8. The van der Waals surface area contributed by atoms with Gasteiger partial charge in [-0.25, -0.2) is 25.9 Å². The van der Waals surface area contributed by atoms with Crippen LogP contribution in [-0.2, 0) is 20.0 Å². The molecule has 24 heavy (non-hydrogen) atoms. The van der Waals surface area contributed by atoms with Gasteiger partial charge in [-0.1, -0.05) is 30.5 Å². The molecule has 1 aliphatic rings. The Hall–Kier alpha value is -0.960. The summed E-state index contributed by atoms with van der Waals surface area (Å²) in [6, 6.07) is 5.08. The van der Waals surface area contributed by atoms with Crippen LogP contribution in [0.4, 0.5) is 0 Å². The lowest BCUT2D eigenvalue weighted by atomic mass is 10.2. The maximum absolute atomic E-state index is 12.4. The first-order valence-corrected chi connectivity index (χ1v) is 11.4. The molecule has 0 atom stereocenters. The smallest absolute Gasteiger partial charge is 0.212 e. The summed E-state index contributed by atoms with van der Waals surface area (Å²) in [6.07, 6.45) is 3.83. The maximum Gasteiger partial charge on any atom is 0.240 e. The van der Waals surface area contributed by atoms with Crippen LogP contribution in [0, 0.1) is 13.8 Å². The predicted molar refractivity (Wildman–Crippen MR) is 94.9 cm³/mol. The summed E-state index contributed by atoms with van der Waals surface area (Å²) in [5.41, 5.74) is 1.63. The van der Waals surface area contributed by atoms with Crippen LogP contribution in [0.15, 0.2) is 23.1 Å². The van der Waals surface area contributed by atoms with Crippen molar-refractivity contribution in [3.63, 3.8) is 0 Å². The fourth-order valence-electron chi connectivity index (χ4n) is 2.93. The number of hydrogen-bond donors (Lipinski definition) is 1. The minimum Gasteiger partial charge on any atom is -0.212 e. The lowest BCUT2D eigenvalue weighted by Gasteiger charge is -2.20. The third-order valence-corrected chi connectivity index (χ3v) is 7.72. The first kappa shape index (κ1) is 19.4. The maximum atomic E-state index is 12.4. The summed E-state index contributed by atoms with van der Waals surface area (Å²) < 4.78 is 53.4. The van der Waals surface area contributed by atoms with E-state index < -0.39 is 20.0 Å². The zero-order valence-corrected chi connectivity index (χ0v) is 15.9. The summed E-state index contributed by atoms with van der Waals surface area (Å²) in [6.45, 7) is 4.58. The lowest BCUT2D eigenvalue weighted by molar-refractivity contribution is 0.423. The largest absolute Gasteiger partial charge is 0.240 e. The van der Waals surface area contributed by atoms with E-state index in [0.717, 1.165) is 31.2 Å². The van der Waals surface area contributed by atoms with E-state index in [1.807, 2.05) is 6.92 Å². The van der Waals surface area contributed by atoms with Gasteiger partial charge >= 0.3 is 0 Å². The van der Waals surface area contributed by atoms with Gasteiger partial charge in [0, 0.05) is 19.6 Å². The Labute approximate surface area is 145 Å². The summed E-state index contributed by atoms with van der Waals surface area (Å²) in [7, 11) is -7.12. The average molecular weight is 375 g/mol. The molecule has 1 aliphatic heterocycles. The standard InChI is InChI=1S/C16H26N2O4S2/c1-14-7-8-16(15(2)13-14)24(21,22)17-9-12-23(19,20)18-10-5-3-4-6-11-18/h7-8,13,17H,3-6,9-12H2,1-2H3. The SMILES string of the molecule is Cc1ccc(S(=O)(=O)NCCS(=O)(=O)N2CCCCCC2)c(C)c1. The van der Waals surface area contributed by atoms with Crippen molar-refractivity contribution in [2.75, 3.05) is 25.4 Å². The van der Waals surface area contributed by atoms with Crippen LogP contribution in [0.1, 0.15) is 36.8 Å². The van der Waals surface area contributed by atoms with Gasteiger partial charge in [-0.3, -0.25) is 0 Å². The molecule has 1 aromatic rings. The highest BCUT2D eigenvalue weighted by atomic mass is 32.2. The Kier molecular flexibility index (Phi) is 6.41. The van der Waals surface area contributed by atoms with E-state index in [1.165, 1.54) is 4.31 Å². The van der Waals surface area contributed by atoms with Crippen molar-refractivity contribution in [3.8, 4) is 0 Å². The van der Waals surface area contributed by atoms with Crippen LogP contribution in [0.5, 0.6) is 0 Å². The number of nitrogens with zero attached hydrogens (tertiary/aromatic N) is 1. The van der Waals surface area contributed by atoms with E-state index >= 15 is 0 Å². The second-order valence-corrected chi connectivity index (χ2v) is 10.1. The zero-order valence-electron chi connectivity index (χ0n) is 14.3. The van der Waals surface area contributed by atoms with Crippen molar-refractivity contribution < 1.29 is 16.8 Å². The number of rotatable bonds is 6. The lowest BCUT2D eigenvalue weighted by Crippen LogP contribution is -2.38. The number of benzene rings is 1. The number of hydrogen-bond acceptors (Lipinski definition) is 4. The molecule has 6 nitrogen and oxygen atoms in total. The predicted octanol–water partition coefficient (Wildman–Crippen LogP) is 1.79. The van der Waals surface area contributed by atoms with E-state index in [2.05, 4.69) is 4.72 Å². The molecule has 0 saturated carbocycles. The Morgan fingerprint density at radius 2 is 1.62 bits per heavy atom. The first-order chi connectivity index (χ1) is 11.2. The van der Waals surface area contributed by atoms with E-state index in [9.17, 15) is 16.8 Å². The van der Waals surface area contributed by atoms with Gasteiger partial charge in [0.1, 0.15) is 0 Å². The minimum absolute atomic E-state index is 0.117. The molecular weight excluding hydrogens is 348 g/mol. The Bertz CT molecular complexity index is 765. The molecule has 0 radical (unpaired) electrons. The molecule has 0 bridgehead atoms. The van der Waals surface area contributed by atoms with Gasteiger partial charge in [0.15, 0.2) is 0 Å². The molecule has 1 fully saturated rings. The average Bonchev–Trinajstić information content (AvgIpc) is 2.75. The second kappa shape index (κ2) is 7.95. The molecule has 8 heteroatoms. The highest BCUT2D eigenvalue weighted by molar-refractivity contribution is 7.90. The van der Waals surface area contributed by atoms with Crippen molar-refractivity contribution >= 4 is 20.0 Å². The molecular formula is C16H26N2O4S2. The monoisotopic (exact) mass is 374 g/mol. The molecule has 0 aliphatic carbocycles. The topological polar surface area (TPSA) is 83.5 Å². The normalized spacial score (nSPS) is 17.6. The minimum atomic E-state index is -3.70. The quantitative estimate of drug-likeness (QED) is 0.823. The van der Waals surface area contributed by atoms with Gasteiger partial charge in [0.05, 0.1) is 10.6 Å². The van der Waals surface area contributed by atoms with Crippen LogP contribution in [0.2, 0.25) is 0 Å². The summed E-state index contributed by atoms with van der Waals surface area (Å²) in [4.78, 5) is 0.195. The van der Waals surface area contributed by atoms with Gasteiger partial charge in [0.2, 0.25) is 20.0 Å². The van der Waals surface area contributed by atoms with E-state index in [0.29, 0.717) is 18.7 Å². The van der Waals surface area contributed by atoms with Crippen LogP contribution >= 0.6 is 0 Å². The van der Waals surface area contributed by atoms with Crippen LogP contribution < -0.4 is 4.72 Å². The molecule has 1 heterocycles. The van der Waals surface area contributed by atoms with E-state index in [4.69, 9.17) is 0 Å². The molecule has 2 rings (SSSR count). The van der Waals surface area contributed by atoms with Crippen LogP contribution in [-0.4, -0.2) is 46.5 Å². The molecule has 1 N–H and O–H groups in total. The van der Waals surface area contributed by atoms with Gasteiger partial charge in [-0.05, 0) is 38.3 Å². The number of nitrogens with one attached hydrogen (secondary N) is 1. The molecule has 0 aromatic heterocycles. The summed E-state index contributed by atoms with van der Waals surface area (Å²) in [5, 5.41) is 0. The molecule has 0 amide bonds. The van der Waals surface area contributed by atoms with Crippen molar-refractivity contribution in [1.29, 1.82) is 0 Å². The van der Waals surface area contributed by atoms with Gasteiger partial charge < -0.3 is 0 Å². The number of sulfonamides is 2. The first-order valence-electron chi connectivity index (χ1n) is 8.27. The Balaban J connectivity index is 1.99. The van der Waals surface area contributed by atoms with E-state index in [1.54, 1.807) is 25.1 Å². The summed E-state index contributed by atoms with van der Waals surface area (Å²) >= 11 is 0. The summed E-state index contributed by atoms with van der Waals surface area (Å²) in [5.74, 6) is -0.211.